The molecule has 0 aliphatic carbocycles. The summed E-state index contributed by atoms with van der Waals surface area (Å²) >= 11 is 3.56. The van der Waals surface area contributed by atoms with Gasteiger partial charge in [-0.3, -0.25) is 0 Å². The number of aliphatic hydroxyl groups excluding tert-OH is 1. The van der Waals surface area contributed by atoms with Crippen LogP contribution in [-0.2, 0) is 0 Å². The normalized spacial score (nSPS) is 13.6. The number of halogens is 1. The van der Waals surface area contributed by atoms with Crippen molar-refractivity contribution in [1.29, 1.82) is 0 Å². The predicted octanol–water partition coefficient (Wildman–Crippen LogP) is 2.68. The quantitative estimate of drug-likeness (QED) is 0.899. The van der Waals surface area contributed by atoms with E-state index in [2.05, 4.69) is 20.8 Å². The van der Waals surface area contributed by atoms with Gasteiger partial charge in [0.2, 0.25) is 0 Å². The van der Waals surface area contributed by atoms with Gasteiger partial charge in [0.15, 0.2) is 0 Å². The van der Waals surface area contributed by atoms with Gasteiger partial charge < -0.3 is 15.7 Å². The summed E-state index contributed by atoms with van der Waals surface area (Å²) in [5.41, 5.74) is 7.70. The zero-order chi connectivity index (χ0) is 13.2. The van der Waals surface area contributed by atoms with E-state index in [4.69, 9.17) is 5.73 Å². The summed E-state index contributed by atoms with van der Waals surface area (Å²) < 4.78 is 0.997. The molecule has 3 N–H and O–H groups in total. The maximum Gasteiger partial charge on any atom is 0.0658 e. The van der Waals surface area contributed by atoms with Crippen LogP contribution < -0.4 is 10.6 Å². The summed E-state index contributed by atoms with van der Waals surface area (Å²) in [6, 6.07) is 6.11. The molecule has 0 aromatic heterocycles. The Morgan fingerprint density at radius 1 is 1.47 bits per heavy atom. The van der Waals surface area contributed by atoms with E-state index >= 15 is 0 Å². The third-order valence-electron chi connectivity index (χ3n) is 3.15. The fraction of sp³-hybridized carbons (Fsp3) is 0.538. The molecule has 1 aromatic carbocycles. The van der Waals surface area contributed by atoms with Crippen molar-refractivity contribution in [3.05, 3.63) is 28.2 Å². The Balaban J connectivity index is 3.08. The van der Waals surface area contributed by atoms with E-state index in [0.29, 0.717) is 0 Å². The van der Waals surface area contributed by atoms with Gasteiger partial charge >= 0.3 is 0 Å². The van der Waals surface area contributed by atoms with Gasteiger partial charge in [-0.25, -0.2) is 0 Å². The molecule has 0 unspecified atom stereocenters. The lowest BCUT2D eigenvalue weighted by Gasteiger charge is -2.36. The molecule has 0 fully saturated rings. The smallest absolute Gasteiger partial charge is 0.0658 e. The summed E-state index contributed by atoms with van der Waals surface area (Å²) in [7, 11) is 1.97. The van der Waals surface area contributed by atoms with Crippen molar-refractivity contribution in [2.24, 2.45) is 5.73 Å². The fourth-order valence-corrected chi connectivity index (χ4v) is 2.17. The molecule has 1 aromatic rings. The second kappa shape index (κ2) is 5.38. The number of nitrogens with two attached hydrogens (primary N) is 1. The molecule has 1 atom stereocenters. The van der Waals surface area contributed by atoms with E-state index in [0.717, 1.165) is 15.7 Å². The van der Waals surface area contributed by atoms with Gasteiger partial charge in [0.25, 0.3) is 0 Å². The molecule has 4 heteroatoms. The molecule has 96 valence electrons. The van der Waals surface area contributed by atoms with Crippen LogP contribution in [0.25, 0.3) is 0 Å². The minimum Gasteiger partial charge on any atom is -0.394 e. The molecule has 17 heavy (non-hydrogen) atoms. The molecule has 0 aliphatic heterocycles. The van der Waals surface area contributed by atoms with Crippen LogP contribution in [-0.4, -0.2) is 24.3 Å². The molecule has 0 saturated heterocycles. The van der Waals surface area contributed by atoms with Crippen molar-refractivity contribution in [3.8, 4) is 0 Å². The van der Waals surface area contributed by atoms with Crippen molar-refractivity contribution in [2.75, 3.05) is 18.6 Å². The highest BCUT2D eigenvalue weighted by atomic mass is 79.9. The molecule has 0 amide bonds. The van der Waals surface area contributed by atoms with Gasteiger partial charge in [-0.2, -0.15) is 0 Å². The van der Waals surface area contributed by atoms with Crippen LogP contribution >= 0.6 is 15.9 Å². The number of aliphatic hydroxyl groups is 1. The van der Waals surface area contributed by atoms with E-state index < -0.39 is 0 Å². The van der Waals surface area contributed by atoms with Gasteiger partial charge in [-0.15, -0.1) is 0 Å². The van der Waals surface area contributed by atoms with Crippen molar-refractivity contribution in [3.63, 3.8) is 0 Å². The lowest BCUT2D eigenvalue weighted by Crippen LogP contribution is -2.44. The van der Waals surface area contributed by atoms with Crippen LogP contribution in [0.3, 0.4) is 0 Å². The van der Waals surface area contributed by atoms with E-state index in [1.165, 1.54) is 0 Å². The largest absolute Gasteiger partial charge is 0.394 e. The number of likely N-dealkylation sites (N-methyl/N-ethyl adjacent to an activating group) is 1. The molecule has 1 rings (SSSR count). The van der Waals surface area contributed by atoms with E-state index in [-0.39, 0.29) is 18.2 Å². The molecule has 0 bridgehead atoms. The van der Waals surface area contributed by atoms with Gasteiger partial charge in [0.1, 0.15) is 0 Å². The Hall–Kier alpha value is -0.580. The molecule has 0 heterocycles. The van der Waals surface area contributed by atoms with Gasteiger partial charge in [0.05, 0.1) is 17.8 Å². The molecule has 0 spiro atoms. The Morgan fingerprint density at radius 3 is 2.47 bits per heavy atom. The van der Waals surface area contributed by atoms with Crippen molar-refractivity contribution < 1.29 is 5.11 Å². The molecule has 3 nitrogen and oxygen atoms in total. The summed E-state index contributed by atoms with van der Waals surface area (Å²) in [6.07, 6.45) is 0. The van der Waals surface area contributed by atoms with Crippen molar-refractivity contribution in [2.45, 2.75) is 32.4 Å². The average molecular weight is 301 g/mol. The molecule has 0 radical (unpaired) electrons. The second-order valence-electron chi connectivity index (χ2n) is 5.03. The number of anilines is 1. The molecular formula is C13H21BrN2O. The first-order valence-corrected chi connectivity index (χ1v) is 6.48. The van der Waals surface area contributed by atoms with Crippen LogP contribution in [0.5, 0.6) is 0 Å². The lowest BCUT2D eigenvalue weighted by molar-refractivity contribution is 0.216. The van der Waals surface area contributed by atoms with E-state index in [1.807, 2.05) is 46.0 Å². The Morgan fingerprint density at radius 2 is 2.06 bits per heavy atom. The highest BCUT2D eigenvalue weighted by Gasteiger charge is 2.24. The predicted molar refractivity (Wildman–Crippen MR) is 76.3 cm³/mol. The topological polar surface area (TPSA) is 49.5 Å². The van der Waals surface area contributed by atoms with Gasteiger partial charge in [0, 0.05) is 17.6 Å². The molecule has 0 saturated carbocycles. The fourth-order valence-electron chi connectivity index (χ4n) is 1.51. The maximum absolute atomic E-state index is 9.38. The highest BCUT2D eigenvalue weighted by molar-refractivity contribution is 9.10. The summed E-state index contributed by atoms with van der Waals surface area (Å²) in [4.78, 5) is 2.06. The zero-order valence-corrected chi connectivity index (χ0v) is 12.5. The SMILES string of the molecule is C[C@@H](N)c1ccc(N(C)C(C)(C)CO)c(Br)c1. The minimum absolute atomic E-state index is 0.0245. The standard InChI is InChI=1S/C13H21BrN2O/c1-9(15)10-5-6-12(11(14)7-10)16(4)13(2,3)8-17/h5-7,9,17H,8,15H2,1-4H3/t9-/m1/s1. The maximum atomic E-state index is 9.38. The monoisotopic (exact) mass is 300 g/mol. The van der Waals surface area contributed by atoms with Crippen LogP contribution in [0.1, 0.15) is 32.4 Å². The van der Waals surface area contributed by atoms with Crippen LogP contribution in [0, 0.1) is 0 Å². The first kappa shape index (κ1) is 14.5. The van der Waals surface area contributed by atoms with E-state index in [1.54, 1.807) is 0 Å². The van der Waals surface area contributed by atoms with Crippen molar-refractivity contribution in [1.82, 2.24) is 0 Å². The first-order chi connectivity index (χ1) is 7.79. The number of nitrogens with zero attached hydrogens (tertiary/aromatic N) is 1. The third-order valence-corrected chi connectivity index (χ3v) is 3.79. The minimum atomic E-state index is -0.293. The number of rotatable bonds is 4. The Kier molecular flexibility index (Phi) is 4.58. The number of benzene rings is 1. The van der Waals surface area contributed by atoms with Crippen LogP contribution in [0.4, 0.5) is 5.69 Å². The first-order valence-electron chi connectivity index (χ1n) is 5.69. The van der Waals surface area contributed by atoms with Crippen LogP contribution in [0.2, 0.25) is 0 Å². The average Bonchev–Trinajstić information content (AvgIpc) is 2.27. The Bertz CT molecular complexity index is 391. The summed E-state index contributed by atoms with van der Waals surface area (Å²) in [5.74, 6) is 0. The molecular weight excluding hydrogens is 280 g/mol. The van der Waals surface area contributed by atoms with Gasteiger partial charge in [-0.05, 0) is 54.4 Å². The van der Waals surface area contributed by atoms with E-state index in [9.17, 15) is 5.11 Å². The summed E-state index contributed by atoms with van der Waals surface area (Å²) in [5, 5.41) is 9.38. The number of hydrogen-bond acceptors (Lipinski definition) is 3. The lowest BCUT2D eigenvalue weighted by atomic mass is 10.0. The van der Waals surface area contributed by atoms with Crippen LogP contribution in [0.15, 0.2) is 22.7 Å². The zero-order valence-electron chi connectivity index (χ0n) is 10.9. The van der Waals surface area contributed by atoms with Gasteiger partial charge in [-0.1, -0.05) is 6.07 Å². The number of hydrogen-bond donors (Lipinski definition) is 2. The van der Waals surface area contributed by atoms with Crippen molar-refractivity contribution >= 4 is 21.6 Å². The Labute approximate surface area is 112 Å². The highest BCUT2D eigenvalue weighted by Crippen LogP contribution is 2.31. The second-order valence-corrected chi connectivity index (χ2v) is 5.88. The third kappa shape index (κ3) is 3.21. The molecule has 0 aliphatic rings. The summed E-state index contributed by atoms with van der Waals surface area (Å²) in [6.45, 7) is 6.06.